The summed E-state index contributed by atoms with van der Waals surface area (Å²) in [5.41, 5.74) is 2.64. The molecule has 5 nitrogen and oxygen atoms in total. The molecule has 2 rings (SSSR count). The molecule has 0 saturated carbocycles. The van der Waals surface area contributed by atoms with E-state index in [1.54, 1.807) is 26.4 Å². The molecule has 5 heteroatoms. The van der Waals surface area contributed by atoms with Crippen molar-refractivity contribution in [3.63, 3.8) is 0 Å². The van der Waals surface area contributed by atoms with Gasteiger partial charge in [0.2, 0.25) is 0 Å². The van der Waals surface area contributed by atoms with E-state index in [0.29, 0.717) is 11.5 Å². The Kier molecular flexibility index (Phi) is 7.19. The van der Waals surface area contributed by atoms with Gasteiger partial charge in [-0.15, -0.1) is 0 Å². The Hall–Kier alpha value is -2.63. The van der Waals surface area contributed by atoms with Crippen LogP contribution < -0.4 is 9.47 Å². The molecule has 0 aliphatic carbocycles. The second-order valence-corrected chi connectivity index (χ2v) is 5.30. The fourth-order valence-corrected chi connectivity index (χ4v) is 2.31. The van der Waals surface area contributed by atoms with Gasteiger partial charge in [0.05, 0.1) is 0 Å². The molecular weight excluding hydrogens is 320 g/mol. The van der Waals surface area contributed by atoms with Crippen LogP contribution >= 0.6 is 0 Å². The molecule has 0 aliphatic rings. The first-order valence-corrected chi connectivity index (χ1v) is 7.81. The Morgan fingerprint density at radius 3 is 2.32 bits per heavy atom. The average molecular weight is 342 g/mol. The van der Waals surface area contributed by atoms with Crippen LogP contribution in [0.25, 0.3) is 17.2 Å². The van der Waals surface area contributed by atoms with Crippen LogP contribution in [0.1, 0.15) is 12.5 Å². The van der Waals surface area contributed by atoms with Crippen molar-refractivity contribution in [2.24, 2.45) is 0 Å². The molecule has 132 valence electrons. The minimum atomic E-state index is -0.0402. The molecule has 0 heterocycles. The van der Waals surface area contributed by atoms with Gasteiger partial charge in [0.1, 0.15) is 11.5 Å². The molecule has 0 aliphatic heterocycles. The minimum Gasteiger partial charge on any atom is -0.467 e. The number of carbonyl (C=O) groups excluding carboxylic acids is 1. The molecule has 0 fully saturated rings. The van der Waals surface area contributed by atoms with Crippen molar-refractivity contribution in [1.29, 1.82) is 0 Å². The lowest BCUT2D eigenvalue weighted by Crippen LogP contribution is -2.04. The minimum absolute atomic E-state index is 0.0402. The van der Waals surface area contributed by atoms with Crippen LogP contribution in [0, 0.1) is 0 Å². The number of rotatable bonds is 9. The number of hydrogen-bond acceptors (Lipinski definition) is 5. The zero-order valence-corrected chi connectivity index (χ0v) is 14.7. The molecule has 0 N–H and O–H groups in total. The predicted molar refractivity (Wildman–Crippen MR) is 96.6 cm³/mol. The SMILES string of the molecule is COCOc1cc(/C=C/C(C)=O)c(-c2ccccc2)c(OCOC)c1. The highest BCUT2D eigenvalue weighted by molar-refractivity contribution is 5.93. The van der Waals surface area contributed by atoms with E-state index in [1.165, 1.54) is 13.0 Å². The Labute approximate surface area is 147 Å². The Morgan fingerprint density at radius 2 is 1.68 bits per heavy atom. The first kappa shape index (κ1) is 18.7. The summed E-state index contributed by atoms with van der Waals surface area (Å²) in [6.07, 6.45) is 3.27. The highest BCUT2D eigenvalue weighted by atomic mass is 16.7. The second-order valence-electron chi connectivity index (χ2n) is 5.30. The zero-order chi connectivity index (χ0) is 18.1. The predicted octanol–water partition coefficient (Wildman–Crippen LogP) is 3.92. The lowest BCUT2D eigenvalue weighted by atomic mass is 9.97. The van der Waals surface area contributed by atoms with Crippen molar-refractivity contribution < 1.29 is 23.7 Å². The van der Waals surface area contributed by atoms with Crippen molar-refractivity contribution in [2.75, 3.05) is 27.8 Å². The van der Waals surface area contributed by atoms with Gasteiger partial charge in [-0.3, -0.25) is 4.79 Å². The van der Waals surface area contributed by atoms with Gasteiger partial charge in [-0.1, -0.05) is 36.4 Å². The molecule has 25 heavy (non-hydrogen) atoms. The number of benzene rings is 2. The summed E-state index contributed by atoms with van der Waals surface area (Å²) in [5, 5.41) is 0. The van der Waals surface area contributed by atoms with E-state index in [4.69, 9.17) is 18.9 Å². The van der Waals surface area contributed by atoms with Crippen LogP contribution in [-0.2, 0) is 14.3 Å². The lowest BCUT2D eigenvalue weighted by Gasteiger charge is -2.16. The Bertz CT molecular complexity index is 722. The monoisotopic (exact) mass is 342 g/mol. The van der Waals surface area contributed by atoms with Crippen molar-refractivity contribution >= 4 is 11.9 Å². The fourth-order valence-electron chi connectivity index (χ4n) is 2.31. The highest BCUT2D eigenvalue weighted by Gasteiger charge is 2.14. The van der Waals surface area contributed by atoms with E-state index in [9.17, 15) is 4.79 Å². The molecule has 0 aromatic heterocycles. The number of allylic oxidation sites excluding steroid dienone is 1. The largest absolute Gasteiger partial charge is 0.467 e. The van der Waals surface area contributed by atoms with Gasteiger partial charge in [0, 0.05) is 25.8 Å². The van der Waals surface area contributed by atoms with Gasteiger partial charge >= 0.3 is 0 Å². The molecule has 0 atom stereocenters. The van der Waals surface area contributed by atoms with E-state index in [0.717, 1.165) is 16.7 Å². The van der Waals surface area contributed by atoms with Crippen molar-refractivity contribution in [3.05, 3.63) is 54.1 Å². The molecule has 2 aromatic rings. The quantitative estimate of drug-likeness (QED) is 0.511. The number of ketones is 1. The smallest absolute Gasteiger partial charge is 0.188 e. The van der Waals surface area contributed by atoms with Gasteiger partial charge in [-0.25, -0.2) is 0 Å². The van der Waals surface area contributed by atoms with Crippen LogP contribution in [0.4, 0.5) is 0 Å². The van der Waals surface area contributed by atoms with E-state index >= 15 is 0 Å². The van der Waals surface area contributed by atoms with Gasteiger partial charge in [-0.2, -0.15) is 0 Å². The highest BCUT2D eigenvalue weighted by Crippen LogP contribution is 2.38. The number of methoxy groups -OCH3 is 2. The molecule has 0 amide bonds. The summed E-state index contributed by atoms with van der Waals surface area (Å²) in [4.78, 5) is 11.4. The maximum Gasteiger partial charge on any atom is 0.188 e. The van der Waals surface area contributed by atoms with Crippen LogP contribution in [0.5, 0.6) is 11.5 Å². The summed E-state index contributed by atoms with van der Waals surface area (Å²) in [7, 11) is 3.11. The van der Waals surface area contributed by atoms with Gasteiger partial charge in [0.15, 0.2) is 19.4 Å². The van der Waals surface area contributed by atoms with E-state index in [-0.39, 0.29) is 19.4 Å². The topological polar surface area (TPSA) is 54.0 Å². The third-order valence-electron chi connectivity index (χ3n) is 3.34. The summed E-state index contributed by atoms with van der Waals surface area (Å²) < 4.78 is 21.3. The van der Waals surface area contributed by atoms with Crippen LogP contribution in [0.3, 0.4) is 0 Å². The van der Waals surface area contributed by atoms with Crippen LogP contribution in [-0.4, -0.2) is 33.6 Å². The van der Waals surface area contributed by atoms with Crippen LogP contribution in [0.15, 0.2) is 48.5 Å². The summed E-state index contributed by atoms with van der Waals surface area (Å²) in [5.74, 6) is 1.14. The summed E-state index contributed by atoms with van der Waals surface area (Å²) in [6, 6.07) is 13.4. The van der Waals surface area contributed by atoms with E-state index < -0.39 is 0 Å². The molecule has 0 unspecified atom stereocenters. The zero-order valence-electron chi connectivity index (χ0n) is 14.7. The molecular formula is C20H22O5. The fraction of sp³-hybridized carbons (Fsp3) is 0.250. The number of carbonyl (C=O) groups is 1. The molecule has 0 bridgehead atoms. The van der Waals surface area contributed by atoms with Crippen LogP contribution in [0.2, 0.25) is 0 Å². The Balaban J connectivity index is 2.59. The maximum atomic E-state index is 11.4. The van der Waals surface area contributed by atoms with E-state index in [2.05, 4.69) is 0 Å². The number of hydrogen-bond donors (Lipinski definition) is 0. The normalized spacial score (nSPS) is 10.8. The Morgan fingerprint density at radius 1 is 1.00 bits per heavy atom. The maximum absolute atomic E-state index is 11.4. The second kappa shape index (κ2) is 9.61. The molecule has 0 saturated heterocycles. The van der Waals surface area contributed by atoms with Gasteiger partial charge in [-0.05, 0) is 30.2 Å². The third-order valence-corrected chi connectivity index (χ3v) is 3.34. The number of ether oxygens (including phenoxy) is 4. The van der Waals surface area contributed by atoms with E-state index in [1.807, 2.05) is 36.4 Å². The lowest BCUT2D eigenvalue weighted by molar-refractivity contribution is -0.112. The molecule has 2 aromatic carbocycles. The standard InChI is InChI=1S/C20H22O5/c1-15(21)9-10-17-11-18(24-13-22-2)12-19(25-14-23-3)20(17)16-7-5-4-6-8-16/h4-12H,13-14H2,1-3H3/b10-9+. The van der Waals surface area contributed by atoms with Crippen molar-refractivity contribution in [3.8, 4) is 22.6 Å². The first-order chi connectivity index (χ1) is 12.2. The third kappa shape index (κ3) is 5.45. The summed E-state index contributed by atoms with van der Waals surface area (Å²) >= 11 is 0. The first-order valence-electron chi connectivity index (χ1n) is 7.81. The average Bonchev–Trinajstić information content (AvgIpc) is 2.63. The van der Waals surface area contributed by atoms with Gasteiger partial charge < -0.3 is 18.9 Å². The van der Waals surface area contributed by atoms with Crippen molar-refractivity contribution in [1.82, 2.24) is 0 Å². The molecule has 0 spiro atoms. The van der Waals surface area contributed by atoms with Crippen molar-refractivity contribution in [2.45, 2.75) is 6.92 Å². The summed E-state index contributed by atoms with van der Waals surface area (Å²) in [6.45, 7) is 1.72. The molecule has 0 radical (unpaired) electrons. The van der Waals surface area contributed by atoms with Gasteiger partial charge in [0.25, 0.3) is 0 Å².